The van der Waals surface area contributed by atoms with Gasteiger partial charge in [0, 0.05) is 26.2 Å². The molecule has 0 aliphatic carbocycles. The van der Waals surface area contributed by atoms with Crippen LogP contribution in [0.2, 0.25) is 0 Å². The molecule has 0 radical (unpaired) electrons. The molecule has 3 heterocycles. The Hall–Kier alpha value is -2.45. The van der Waals surface area contributed by atoms with E-state index in [0.717, 1.165) is 24.8 Å². The van der Waals surface area contributed by atoms with Crippen molar-refractivity contribution in [2.75, 3.05) is 19.7 Å². The summed E-state index contributed by atoms with van der Waals surface area (Å²) >= 11 is 0. The summed E-state index contributed by atoms with van der Waals surface area (Å²) in [7, 11) is 0. The lowest BCUT2D eigenvalue weighted by atomic mass is 9.65. The molecule has 0 aromatic heterocycles. The van der Waals surface area contributed by atoms with Gasteiger partial charge in [-0.15, -0.1) is 0 Å². The average molecular weight is 486 g/mol. The molecular weight excluding hydrogens is 446 g/mol. The van der Waals surface area contributed by atoms with Crippen LogP contribution in [0, 0.1) is 11.8 Å². The predicted molar refractivity (Wildman–Crippen MR) is 131 cm³/mol. The van der Waals surface area contributed by atoms with Gasteiger partial charge in [0.15, 0.2) is 0 Å². The molecule has 3 N–H and O–H groups in total. The van der Waals surface area contributed by atoms with Crippen molar-refractivity contribution in [3.63, 3.8) is 0 Å². The molecular formula is C27H39N3O5. The molecule has 192 valence electrons. The number of carbonyl (C=O) groups is 3. The van der Waals surface area contributed by atoms with Crippen LogP contribution in [0.25, 0.3) is 0 Å². The van der Waals surface area contributed by atoms with Crippen molar-refractivity contribution < 1.29 is 24.2 Å². The molecule has 3 amide bonds. The van der Waals surface area contributed by atoms with Gasteiger partial charge in [-0.05, 0) is 37.7 Å². The first-order valence-electron chi connectivity index (χ1n) is 13.1. The number of ether oxygens (including phenoxy) is 1. The van der Waals surface area contributed by atoms with Gasteiger partial charge in [0.05, 0.1) is 17.4 Å². The van der Waals surface area contributed by atoms with E-state index in [0.29, 0.717) is 38.8 Å². The van der Waals surface area contributed by atoms with Crippen LogP contribution in [-0.2, 0) is 25.7 Å². The number of rotatable bonds is 12. The van der Waals surface area contributed by atoms with E-state index in [1.807, 2.05) is 37.3 Å². The number of amides is 3. The lowest BCUT2D eigenvalue weighted by Gasteiger charge is -2.34. The number of fused-ring (bicyclic) bond motifs is 1. The van der Waals surface area contributed by atoms with Gasteiger partial charge in [-0.2, -0.15) is 0 Å². The van der Waals surface area contributed by atoms with Crippen molar-refractivity contribution in [1.82, 2.24) is 15.5 Å². The second-order valence-electron chi connectivity index (χ2n) is 10.1. The number of nitrogens with zero attached hydrogens (tertiary/aromatic N) is 1. The monoisotopic (exact) mass is 485 g/mol. The number of nitrogens with one attached hydrogen (secondary N) is 2. The maximum atomic E-state index is 13.8. The largest absolute Gasteiger partial charge is 0.396 e. The number of carbonyl (C=O) groups excluding carboxylic acids is 3. The van der Waals surface area contributed by atoms with Crippen molar-refractivity contribution in [1.29, 1.82) is 0 Å². The average Bonchev–Trinajstić information content (AvgIpc) is 3.48. The fraction of sp³-hybridized carbons (Fsp3) is 0.667. The predicted octanol–water partition coefficient (Wildman–Crippen LogP) is 2.15. The van der Waals surface area contributed by atoms with Crippen LogP contribution in [0.3, 0.4) is 0 Å². The van der Waals surface area contributed by atoms with Gasteiger partial charge >= 0.3 is 0 Å². The van der Waals surface area contributed by atoms with Crippen molar-refractivity contribution in [2.24, 2.45) is 11.8 Å². The molecule has 5 atom stereocenters. The number of unbranched alkanes of at least 4 members (excludes halogenated alkanes) is 2. The SMILES string of the molecule is CCCCCNC(=O)C1N(CCCO)C(=O)[C@@H]2[C@@H](C(=O)NCc3ccccc3)[C@@]3(CC)CCC12O3. The van der Waals surface area contributed by atoms with E-state index in [-0.39, 0.29) is 30.9 Å². The number of hydrogen-bond donors (Lipinski definition) is 3. The fourth-order valence-electron chi connectivity index (χ4n) is 6.48. The van der Waals surface area contributed by atoms with Gasteiger partial charge in [0.2, 0.25) is 17.7 Å². The van der Waals surface area contributed by atoms with Crippen LogP contribution >= 0.6 is 0 Å². The summed E-state index contributed by atoms with van der Waals surface area (Å²) < 4.78 is 6.70. The van der Waals surface area contributed by atoms with Gasteiger partial charge < -0.3 is 25.4 Å². The summed E-state index contributed by atoms with van der Waals surface area (Å²) in [5.41, 5.74) is -0.770. The Kier molecular flexibility index (Phi) is 7.81. The molecule has 2 unspecified atom stereocenters. The molecule has 1 spiro atoms. The summed E-state index contributed by atoms with van der Waals surface area (Å²) in [6, 6.07) is 8.89. The van der Waals surface area contributed by atoms with Crippen molar-refractivity contribution in [3.05, 3.63) is 35.9 Å². The molecule has 35 heavy (non-hydrogen) atoms. The van der Waals surface area contributed by atoms with E-state index in [1.54, 1.807) is 4.90 Å². The Morgan fingerprint density at radius 1 is 1.09 bits per heavy atom. The minimum atomic E-state index is -1.01. The maximum Gasteiger partial charge on any atom is 0.245 e. The van der Waals surface area contributed by atoms with Gasteiger partial charge in [-0.1, -0.05) is 57.0 Å². The van der Waals surface area contributed by atoms with Crippen LogP contribution in [0.5, 0.6) is 0 Å². The maximum absolute atomic E-state index is 13.8. The fourth-order valence-corrected chi connectivity index (χ4v) is 6.48. The van der Waals surface area contributed by atoms with Crippen molar-refractivity contribution in [2.45, 2.75) is 82.6 Å². The molecule has 3 fully saturated rings. The van der Waals surface area contributed by atoms with E-state index >= 15 is 0 Å². The molecule has 4 rings (SSSR count). The van der Waals surface area contributed by atoms with E-state index in [4.69, 9.17) is 4.74 Å². The highest BCUT2D eigenvalue weighted by Gasteiger charge is 2.78. The highest BCUT2D eigenvalue weighted by atomic mass is 16.5. The Morgan fingerprint density at radius 2 is 1.86 bits per heavy atom. The smallest absolute Gasteiger partial charge is 0.245 e. The van der Waals surface area contributed by atoms with Gasteiger partial charge in [-0.25, -0.2) is 0 Å². The number of aliphatic hydroxyl groups is 1. The number of aliphatic hydroxyl groups excluding tert-OH is 1. The Labute approximate surface area is 207 Å². The van der Waals surface area contributed by atoms with Crippen molar-refractivity contribution in [3.8, 4) is 0 Å². The second-order valence-corrected chi connectivity index (χ2v) is 10.1. The minimum absolute atomic E-state index is 0.0764. The Balaban J connectivity index is 1.61. The Bertz CT molecular complexity index is 925. The zero-order valence-corrected chi connectivity index (χ0v) is 20.9. The third-order valence-electron chi connectivity index (χ3n) is 8.16. The number of benzene rings is 1. The van der Waals surface area contributed by atoms with E-state index in [2.05, 4.69) is 17.6 Å². The Morgan fingerprint density at radius 3 is 2.54 bits per heavy atom. The van der Waals surface area contributed by atoms with E-state index in [1.165, 1.54) is 0 Å². The minimum Gasteiger partial charge on any atom is -0.396 e. The lowest BCUT2D eigenvalue weighted by Crippen LogP contribution is -2.55. The first kappa shape index (κ1) is 25.6. The van der Waals surface area contributed by atoms with E-state index in [9.17, 15) is 19.5 Å². The van der Waals surface area contributed by atoms with Crippen LogP contribution < -0.4 is 10.6 Å². The summed E-state index contributed by atoms with van der Waals surface area (Å²) in [6.45, 7) is 5.21. The zero-order chi connectivity index (χ0) is 25.1. The molecule has 0 saturated carbocycles. The standard InChI is InChI=1S/C27H39N3O5/c1-3-5-9-15-28-24(33)22-27-14-13-26(4-2,35-27)20(21(27)25(34)30(22)16-10-17-31)23(32)29-18-19-11-7-6-8-12-19/h6-8,11-12,20-22,31H,3-5,9-10,13-18H2,1-2H3,(H,28,33)(H,29,32)/t20-,21-,22?,26+,27?/m0/s1. The van der Waals surface area contributed by atoms with Crippen LogP contribution in [0.1, 0.15) is 64.4 Å². The zero-order valence-electron chi connectivity index (χ0n) is 20.9. The van der Waals surface area contributed by atoms with Gasteiger partial charge in [-0.3, -0.25) is 14.4 Å². The third-order valence-corrected chi connectivity index (χ3v) is 8.16. The first-order valence-corrected chi connectivity index (χ1v) is 13.1. The third kappa shape index (κ3) is 4.47. The van der Waals surface area contributed by atoms with E-state index < -0.39 is 29.1 Å². The molecule has 3 aliphatic heterocycles. The normalized spacial score (nSPS) is 31.0. The quantitative estimate of drug-likeness (QED) is 0.393. The highest BCUT2D eigenvalue weighted by Crippen LogP contribution is 2.64. The number of hydrogen-bond acceptors (Lipinski definition) is 5. The van der Waals surface area contributed by atoms with Gasteiger partial charge in [0.25, 0.3) is 0 Å². The molecule has 3 saturated heterocycles. The van der Waals surface area contributed by atoms with Crippen molar-refractivity contribution >= 4 is 17.7 Å². The highest BCUT2D eigenvalue weighted by molar-refractivity contribution is 5.99. The topological polar surface area (TPSA) is 108 Å². The summed E-state index contributed by atoms with van der Waals surface area (Å²) in [5, 5.41) is 15.5. The number of likely N-dealkylation sites (tertiary alicyclic amines) is 1. The first-order chi connectivity index (χ1) is 16.9. The van der Waals surface area contributed by atoms with Crippen LogP contribution in [-0.4, -0.2) is 64.7 Å². The molecule has 1 aromatic carbocycles. The summed E-state index contributed by atoms with van der Waals surface area (Å²) in [5.74, 6) is -1.96. The summed E-state index contributed by atoms with van der Waals surface area (Å²) in [4.78, 5) is 42.5. The molecule has 1 aromatic rings. The van der Waals surface area contributed by atoms with Crippen LogP contribution in [0.15, 0.2) is 30.3 Å². The second kappa shape index (κ2) is 10.7. The lowest BCUT2D eigenvalue weighted by molar-refractivity contribution is -0.147. The molecule has 3 aliphatic rings. The van der Waals surface area contributed by atoms with Crippen LogP contribution in [0.4, 0.5) is 0 Å². The molecule has 8 nitrogen and oxygen atoms in total. The van der Waals surface area contributed by atoms with Gasteiger partial charge in [0.1, 0.15) is 11.6 Å². The molecule has 8 heteroatoms. The molecule has 2 bridgehead atoms. The summed E-state index contributed by atoms with van der Waals surface area (Å²) in [6.07, 6.45) is 5.13.